The molecule has 3 heteroatoms. The van der Waals surface area contributed by atoms with Crippen molar-refractivity contribution in [1.29, 1.82) is 0 Å². The molecule has 13 heavy (non-hydrogen) atoms. The first-order valence-electron chi connectivity index (χ1n) is 4.91. The fraction of sp³-hybridized carbons (Fsp3) is 0.600. The lowest BCUT2D eigenvalue weighted by molar-refractivity contribution is 0.681. The number of aromatic nitrogens is 2. The lowest BCUT2D eigenvalue weighted by Gasteiger charge is -2.02. The minimum atomic E-state index is 0.755. The van der Waals surface area contributed by atoms with Crippen molar-refractivity contribution in [3.63, 3.8) is 0 Å². The SMILES string of the molecule is CCc1ncc(CNC2CC2)cn1. The number of hydrogen-bond donors (Lipinski definition) is 1. The first-order valence-corrected chi connectivity index (χ1v) is 4.91. The summed E-state index contributed by atoms with van der Waals surface area (Å²) in [6.45, 7) is 2.98. The molecule has 1 aromatic heterocycles. The zero-order valence-electron chi connectivity index (χ0n) is 7.95. The van der Waals surface area contributed by atoms with E-state index in [1.807, 2.05) is 12.4 Å². The van der Waals surface area contributed by atoms with Gasteiger partial charge in [0, 0.05) is 37.0 Å². The molecule has 0 saturated heterocycles. The molecule has 0 radical (unpaired) electrons. The molecule has 1 aliphatic carbocycles. The smallest absolute Gasteiger partial charge is 0.127 e. The van der Waals surface area contributed by atoms with E-state index in [0.717, 1.165) is 24.8 Å². The van der Waals surface area contributed by atoms with E-state index in [2.05, 4.69) is 22.2 Å². The molecule has 0 amide bonds. The predicted octanol–water partition coefficient (Wildman–Crippen LogP) is 1.29. The second-order valence-electron chi connectivity index (χ2n) is 3.52. The maximum Gasteiger partial charge on any atom is 0.127 e. The second-order valence-corrected chi connectivity index (χ2v) is 3.52. The summed E-state index contributed by atoms with van der Waals surface area (Å²) in [5, 5.41) is 3.43. The van der Waals surface area contributed by atoms with Gasteiger partial charge in [-0.3, -0.25) is 0 Å². The number of nitrogens with one attached hydrogen (secondary N) is 1. The summed E-state index contributed by atoms with van der Waals surface area (Å²) in [4.78, 5) is 8.49. The molecule has 0 unspecified atom stereocenters. The summed E-state index contributed by atoms with van der Waals surface area (Å²) in [7, 11) is 0. The summed E-state index contributed by atoms with van der Waals surface area (Å²) in [5.74, 6) is 0.926. The van der Waals surface area contributed by atoms with E-state index in [-0.39, 0.29) is 0 Å². The van der Waals surface area contributed by atoms with Crippen LogP contribution in [0.15, 0.2) is 12.4 Å². The van der Waals surface area contributed by atoms with Crippen molar-refractivity contribution in [2.75, 3.05) is 0 Å². The molecule has 70 valence electrons. The fourth-order valence-electron chi connectivity index (χ4n) is 1.21. The lowest BCUT2D eigenvalue weighted by atomic mass is 10.3. The van der Waals surface area contributed by atoms with Crippen LogP contribution in [0.3, 0.4) is 0 Å². The van der Waals surface area contributed by atoms with Crippen LogP contribution in [0.5, 0.6) is 0 Å². The summed E-state index contributed by atoms with van der Waals surface area (Å²) in [6.07, 6.45) is 7.40. The Morgan fingerprint density at radius 1 is 1.38 bits per heavy atom. The molecule has 1 heterocycles. The highest BCUT2D eigenvalue weighted by Gasteiger charge is 2.19. The predicted molar refractivity (Wildman–Crippen MR) is 51.3 cm³/mol. The molecule has 3 nitrogen and oxygen atoms in total. The normalized spacial score (nSPS) is 16.1. The summed E-state index contributed by atoms with van der Waals surface area (Å²) >= 11 is 0. The summed E-state index contributed by atoms with van der Waals surface area (Å²) < 4.78 is 0. The third kappa shape index (κ3) is 2.49. The number of aryl methyl sites for hydroxylation is 1. The van der Waals surface area contributed by atoms with E-state index in [9.17, 15) is 0 Å². The molecule has 1 N–H and O–H groups in total. The second kappa shape index (κ2) is 3.83. The fourth-order valence-corrected chi connectivity index (χ4v) is 1.21. The van der Waals surface area contributed by atoms with Crippen molar-refractivity contribution < 1.29 is 0 Å². The molecule has 0 spiro atoms. The molecule has 1 aliphatic rings. The van der Waals surface area contributed by atoms with Gasteiger partial charge < -0.3 is 5.32 Å². The van der Waals surface area contributed by atoms with Gasteiger partial charge in [0.15, 0.2) is 0 Å². The van der Waals surface area contributed by atoms with E-state index in [0.29, 0.717) is 0 Å². The monoisotopic (exact) mass is 177 g/mol. The van der Waals surface area contributed by atoms with Crippen molar-refractivity contribution in [1.82, 2.24) is 15.3 Å². The van der Waals surface area contributed by atoms with E-state index in [4.69, 9.17) is 0 Å². The molecule has 2 rings (SSSR count). The van der Waals surface area contributed by atoms with Crippen LogP contribution in [-0.2, 0) is 13.0 Å². The highest BCUT2D eigenvalue weighted by Crippen LogP contribution is 2.18. The average molecular weight is 177 g/mol. The van der Waals surface area contributed by atoms with Crippen LogP contribution in [0.25, 0.3) is 0 Å². The van der Waals surface area contributed by atoms with Crippen LogP contribution in [0.4, 0.5) is 0 Å². The van der Waals surface area contributed by atoms with Gasteiger partial charge in [0.1, 0.15) is 5.82 Å². The quantitative estimate of drug-likeness (QED) is 0.753. The van der Waals surface area contributed by atoms with Gasteiger partial charge in [-0.25, -0.2) is 9.97 Å². The molecule has 0 aromatic carbocycles. The van der Waals surface area contributed by atoms with Gasteiger partial charge in [0.2, 0.25) is 0 Å². The van der Waals surface area contributed by atoms with Crippen LogP contribution in [-0.4, -0.2) is 16.0 Å². The highest BCUT2D eigenvalue weighted by molar-refractivity contribution is 5.05. The standard InChI is InChI=1S/C10H15N3/c1-2-10-12-6-8(7-13-10)5-11-9-3-4-9/h6-7,9,11H,2-5H2,1H3. The van der Waals surface area contributed by atoms with E-state index in [1.54, 1.807) is 0 Å². The van der Waals surface area contributed by atoms with Crippen LogP contribution < -0.4 is 5.32 Å². The number of rotatable bonds is 4. The van der Waals surface area contributed by atoms with Gasteiger partial charge in [-0.15, -0.1) is 0 Å². The van der Waals surface area contributed by atoms with Gasteiger partial charge in [-0.1, -0.05) is 6.92 Å². The molecular weight excluding hydrogens is 162 g/mol. The lowest BCUT2D eigenvalue weighted by Crippen LogP contribution is -2.15. The van der Waals surface area contributed by atoms with Crippen molar-refractivity contribution in [2.24, 2.45) is 0 Å². The molecule has 1 fully saturated rings. The Morgan fingerprint density at radius 2 is 2.08 bits per heavy atom. The Hall–Kier alpha value is -0.960. The van der Waals surface area contributed by atoms with Crippen LogP contribution in [0, 0.1) is 0 Å². The number of nitrogens with zero attached hydrogens (tertiary/aromatic N) is 2. The molecule has 0 atom stereocenters. The van der Waals surface area contributed by atoms with Gasteiger partial charge in [0.05, 0.1) is 0 Å². The highest BCUT2D eigenvalue weighted by atomic mass is 15.0. The summed E-state index contributed by atoms with van der Waals surface area (Å²) in [6, 6.07) is 0.755. The zero-order valence-corrected chi connectivity index (χ0v) is 7.95. The van der Waals surface area contributed by atoms with Gasteiger partial charge in [0.25, 0.3) is 0 Å². The van der Waals surface area contributed by atoms with Crippen LogP contribution in [0.2, 0.25) is 0 Å². The van der Waals surface area contributed by atoms with Gasteiger partial charge in [-0.2, -0.15) is 0 Å². The van der Waals surface area contributed by atoms with Gasteiger partial charge in [-0.05, 0) is 12.8 Å². The first-order chi connectivity index (χ1) is 6.38. The Bertz CT molecular complexity index is 264. The van der Waals surface area contributed by atoms with Crippen molar-refractivity contribution in [2.45, 2.75) is 38.8 Å². The first kappa shape index (κ1) is 8.63. The summed E-state index contributed by atoms with van der Waals surface area (Å²) in [5.41, 5.74) is 1.18. The average Bonchev–Trinajstić information content (AvgIpc) is 2.99. The maximum absolute atomic E-state index is 4.24. The molecule has 0 aliphatic heterocycles. The zero-order chi connectivity index (χ0) is 9.10. The minimum Gasteiger partial charge on any atom is -0.310 e. The molecular formula is C10H15N3. The van der Waals surface area contributed by atoms with Crippen molar-refractivity contribution in [3.8, 4) is 0 Å². The number of hydrogen-bond acceptors (Lipinski definition) is 3. The Balaban J connectivity index is 1.88. The Morgan fingerprint density at radius 3 is 2.62 bits per heavy atom. The van der Waals surface area contributed by atoms with E-state index in [1.165, 1.54) is 18.4 Å². The van der Waals surface area contributed by atoms with E-state index >= 15 is 0 Å². The van der Waals surface area contributed by atoms with Crippen LogP contribution >= 0.6 is 0 Å². The van der Waals surface area contributed by atoms with Crippen molar-refractivity contribution >= 4 is 0 Å². The third-order valence-electron chi connectivity index (χ3n) is 2.25. The van der Waals surface area contributed by atoms with E-state index < -0.39 is 0 Å². The Labute approximate surface area is 78.6 Å². The molecule has 1 saturated carbocycles. The minimum absolute atomic E-state index is 0.755. The maximum atomic E-state index is 4.24. The Kier molecular flexibility index (Phi) is 2.54. The van der Waals surface area contributed by atoms with Crippen LogP contribution in [0.1, 0.15) is 31.2 Å². The molecule has 0 bridgehead atoms. The topological polar surface area (TPSA) is 37.8 Å². The molecule has 1 aromatic rings. The van der Waals surface area contributed by atoms with Gasteiger partial charge >= 0.3 is 0 Å². The largest absolute Gasteiger partial charge is 0.310 e. The van der Waals surface area contributed by atoms with Crippen molar-refractivity contribution in [3.05, 3.63) is 23.8 Å². The third-order valence-corrected chi connectivity index (χ3v) is 2.25.